The lowest BCUT2D eigenvalue weighted by Crippen LogP contribution is -2.50. The summed E-state index contributed by atoms with van der Waals surface area (Å²) >= 11 is 0. The first kappa shape index (κ1) is 23.8. The van der Waals surface area contributed by atoms with Gasteiger partial charge in [-0.2, -0.15) is 15.0 Å². The van der Waals surface area contributed by atoms with Gasteiger partial charge in [-0.05, 0) is 54.1 Å². The average Bonchev–Trinajstić information content (AvgIpc) is 3.17. The molecule has 1 aromatic rings. The summed E-state index contributed by atoms with van der Waals surface area (Å²) in [6.07, 6.45) is 1.68. The molecule has 12 heteroatoms. The topological polar surface area (TPSA) is 143 Å². The molecule has 3 rings (SSSR count). The molecule has 178 valence electrons. The lowest BCUT2D eigenvalue weighted by molar-refractivity contribution is 0.0240. The highest BCUT2D eigenvalue weighted by molar-refractivity contribution is 5.93. The zero-order valence-electron chi connectivity index (χ0n) is 19.5. The van der Waals surface area contributed by atoms with Crippen molar-refractivity contribution < 1.29 is 19.5 Å². The zero-order valence-corrected chi connectivity index (χ0v) is 19.5. The van der Waals surface area contributed by atoms with Crippen molar-refractivity contribution in [2.75, 3.05) is 44.7 Å². The Hall–Kier alpha value is -2.89. The number of oxime groups is 1. The number of likely N-dealkylation sites (tertiary alicyclic amines) is 1. The maximum Gasteiger partial charge on any atom is 0.410 e. The van der Waals surface area contributed by atoms with Gasteiger partial charge in [0.15, 0.2) is 0 Å². The Morgan fingerprint density at radius 1 is 1.19 bits per heavy atom. The fourth-order valence-electron chi connectivity index (χ4n) is 3.89. The molecule has 2 atom stereocenters. The maximum atomic E-state index is 12.3. The third-order valence-electron chi connectivity index (χ3n) is 5.56. The summed E-state index contributed by atoms with van der Waals surface area (Å²) in [5.74, 6) is 0.165. The van der Waals surface area contributed by atoms with Crippen LogP contribution < -0.4 is 15.4 Å². The largest absolute Gasteiger partial charge is 0.459 e. The number of rotatable bonds is 5. The molecule has 0 radical (unpaired) electrons. The van der Waals surface area contributed by atoms with Crippen LogP contribution in [0.2, 0.25) is 0 Å². The number of hydrogen-bond acceptors (Lipinski definition) is 10. The van der Waals surface area contributed by atoms with Gasteiger partial charge in [-0.3, -0.25) is 4.90 Å². The van der Waals surface area contributed by atoms with E-state index in [9.17, 15) is 4.79 Å². The van der Waals surface area contributed by atoms with Gasteiger partial charge in [0, 0.05) is 32.2 Å². The number of ether oxygens (including phenoxy) is 2. The number of aromatic nitrogens is 3. The lowest BCUT2D eigenvalue weighted by atomic mass is 10.1. The first-order valence-electron chi connectivity index (χ1n) is 10.9. The summed E-state index contributed by atoms with van der Waals surface area (Å²) < 4.78 is 11.5. The van der Waals surface area contributed by atoms with Crippen LogP contribution in [0.3, 0.4) is 0 Å². The first-order valence-corrected chi connectivity index (χ1v) is 10.9. The summed E-state index contributed by atoms with van der Waals surface area (Å²) in [7, 11) is 2.07. The van der Waals surface area contributed by atoms with Crippen molar-refractivity contribution >= 4 is 17.9 Å². The van der Waals surface area contributed by atoms with Gasteiger partial charge in [-0.1, -0.05) is 5.16 Å². The van der Waals surface area contributed by atoms with Crippen molar-refractivity contribution in [3.05, 3.63) is 5.82 Å². The minimum Gasteiger partial charge on any atom is -0.459 e. The number of nitrogens with two attached hydrogens (primary N) is 1. The predicted molar refractivity (Wildman–Crippen MR) is 118 cm³/mol. The van der Waals surface area contributed by atoms with Crippen LogP contribution in [0.5, 0.6) is 6.01 Å². The van der Waals surface area contributed by atoms with Crippen molar-refractivity contribution in [3.8, 4) is 6.01 Å². The molecule has 0 aromatic carbocycles. The number of carbonyl (C=O) groups excluding carboxylic acids is 1. The Kier molecular flexibility index (Phi) is 7.22. The van der Waals surface area contributed by atoms with E-state index < -0.39 is 5.60 Å². The van der Waals surface area contributed by atoms with Crippen molar-refractivity contribution in [2.24, 2.45) is 10.9 Å². The van der Waals surface area contributed by atoms with Gasteiger partial charge < -0.3 is 30.2 Å². The predicted octanol–water partition coefficient (Wildman–Crippen LogP) is 0.885. The molecule has 0 aliphatic carbocycles. The van der Waals surface area contributed by atoms with Crippen molar-refractivity contribution in [1.29, 1.82) is 0 Å². The van der Waals surface area contributed by atoms with Crippen LogP contribution in [0.4, 0.5) is 10.7 Å². The number of anilines is 1. The van der Waals surface area contributed by atoms with Crippen LogP contribution in [0.25, 0.3) is 0 Å². The Balaban J connectivity index is 1.73. The number of carbonyl (C=O) groups is 1. The molecular weight excluding hydrogens is 416 g/mol. The Labute approximate surface area is 188 Å². The minimum absolute atomic E-state index is 0.0362. The fraction of sp³-hybridized carbons (Fsp3) is 0.750. The van der Waals surface area contributed by atoms with Crippen LogP contribution in [-0.4, -0.2) is 99.4 Å². The minimum atomic E-state index is -0.547. The van der Waals surface area contributed by atoms with Crippen LogP contribution in [-0.2, 0) is 4.74 Å². The smallest absolute Gasteiger partial charge is 0.410 e. The molecule has 2 aliphatic heterocycles. The van der Waals surface area contributed by atoms with E-state index in [-0.39, 0.29) is 35.9 Å². The molecule has 3 heterocycles. The molecule has 2 aliphatic rings. The molecule has 32 heavy (non-hydrogen) atoms. The van der Waals surface area contributed by atoms with Gasteiger partial charge in [0.1, 0.15) is 11.7 Å². The van der Waals surface area contributed by atoms with E-state index >= 15 is 0 Å². The fourth-order valence-corrected chi connectivity index (χ4v) is 3.89. The second-order valence-electron chi connectivity index (χ2n) is 9.19. The molecule has 3 N–H and O–H groups in total. The molecule has 0 spiro atoms. The normalized spacial score (nSPS) is 21.5. The zero-order chi connectivity index (χ0) is 23.5. The molecule has 0 unspecified atom stereocenters. The molecule has 2 saturated heterocycles. The van der Waals surface area contributed by atoms with E-state index in [1.54, 1.807) is 4.90 Å². The van der Waals surface area contributed by atoms with E-state index in [4.69, 9.17) is 20.4 Å². The standard InChI is InChI=1S/C20H34N8O4/c1-13(14-7-6-8-26(14)5)31-18-23-16(15(21)25-30)22-17(24-18)27-9-11-28(12-10-27)19(29)32-20(2,3)4/h13-14,30H,6-12H2,1-5H3,(H2,21,25)/t13-,14-/m0/s1. The number of piperazine rings is 1. The quantitative estimate of drug-likeness (QED) is 0.287. The van der Waals surface area contributed by atoms with Crippen molar-refractivity contribution in [3.63, 3.8) is 0 Å². The molecule has 1 aromatic heterocycles. The van der Waals surface area contributed by atoms with Gasteiger partial charge in [0.05, 0.1) is 0 Å². The SMILES string of the molecule is C[C@H](Oc1nc(/C(N)=N/O)nc(N2CCN(C(=O)OC(C)(C)C)CC2)n1)[C@@H]1CCCN1C. The second kappa shape index (κ2) is 9.72. The van der Waals surface area contributed by atoms with Crippen LogP contribution >= 0.6 is 0 Å². The lowest BCUT2D eigenvalue weighted by Gasteiger charge is -2.35. The summed E-state index contributed by atoms with van der Waals surface area (Å²) in [5, 5.41) is 12.1. The van der Waals surface area contributed by atoms with Gasteiger partial charge >= 0.3 is 12.1 Å². The van der Waals surface area contributed by atoms with E-state index in [0.717, 1.165) is 19.4 Å². The van der Waals surface area contributed by atoms with Crippen molar-refractivity contribution in [1.82, 2.24) is 24.8 Å². The van der Waals surface area contributed by atoms with Crippen molar-refractivity contribution in [2.45, 2.75) is 58.3 Å². The van der Waals surface area contributed by atoms with E-state index in [1.807, 2.05) is 32.6 Å². The highest BCUT2D eigenvalue weighted by atomic mass is 16.6. The highest BCUT2D eigenvalue weighted by Gasteiger charge is 2.30. The number of nitrogens with zero attached hydrogens (tertiary/aromatic N) is 7. The van der Waals surface area contributed by atoms with Crippen LogP contribution in [0.1, 0.15) is 46.4 Å². The second-order valence-corrected chi connectivity index (χ2v) is 9.19. The summed E-state index contributed by atoms with van der Waals surface area (Å²) in [6, 6.07) is 0.388. The third kappa shape index (κ3) is 5.87. The molecule has 0 bridgehead atoms. The Bertz CT molecular complexity index is 835. The summed E-state index contributed by atoms with van der Waals surface area (Å²) in [6.45, 7) is 10.4. The number of hydrogen-bond donors (Lipinski definition) is 2. The molecular formula is C20H34N8O4. The monoisotopic (exact) mass is 450 g/mol. The summed E-state index contributed by atoms with van der Waals surface area (Å²) in [5.41, 5.74) is 5.21. The molecule has 1 amide bonds. The number of amidine groups is 1. The van der Waals surface area contributed by atoms with Gasteiger partial charge in [0.2, 0.25) is 17.6 Å². The van der Waals surface area contributed by atoms with Gasteiger partial charge in [-0.15, -0.1) is 0 Å². The number of likely N-dealkylation sites (N-methyl/N-ethyl adjacent to an activating group) is 1. The third-order valence-corrected chi connectivity index (χ3v) is 5.56. The molecule has 12 nitrogen and oxygen atoms in total. The average molecular weight is 451 g/mol. The molecule has 2 fully saturated rings. The van der Waals surface area contributed by atoms with E-state index in [1.165, 1.54) is 0 Å². The summed E-state index contributed by atoms with van der Waals surface area (Å²) in [4.78, 5) is 31.2. The first-order chi connectivity index (χ1) is 15.1. The Morgan fingerprint density at radius 2 is 1.88 bits per heavy atom. The van der Waals surface area contributed by atoms with Gasteiger partial charge in [0.25, 0.3) is 0 Å². The van der Waals surface area contributed by atoms with Crippen LogP contribution in [0, 0.1) is 0 Å². The van der Waals surface area contributed by atoms with Crippen LogP contribution in [0.15, 0.2) is 5.16 Å². The van der Waals surface area contributed by atoms with E-state index in [0.29, 0.717) is 32.1 Å². The maximum absolute atomic E-state index is 12.3. The Morgan fingerprint density at radius 3 is 2.44 bits per heavy atom. The highest BCUT2D eigenvalue weighted by Crippen LogP contribution is 2.22. The van der Waals surface area contributed by atoms with Gasteiger partial charge in [-0.25, -0.2) is 4.79 Å². The number of amides is 1. The molecule has 0 saturated carbocycles. The van der Waals surface area contributed by atoms with E-state index in [2.05, 4.69) is 32.1 Å².